The quantitative estimate of drug-likeness (QED) is 0.439. The lowest BCUT2D eigenvalue weighted by Crippen LogP contribution is -2.32. The second-order valence-corrected chi connectivity index (χ2v) is 5.53. The van der Waals surface area contributed by atoms with Crippen LogP contribution in [0, 0.1) is 17.0 Å². The summed E-state index contributed by atoms with van der Waals surface area (Å²) in [6, 6.07) is 4.74. The number of carbonyl (C=O) groups is 1. The van der Waals surface area contributed by atoms with Crippen LogP contribution in [0.25, 0.3) is 0 Å². The summed E-state index contributed by atoms with van der Waals surface area (Å²) < 4.78 is 1.73. The number of nitro groups is 1. The third-order valence-electron chi connectivity index (χ3n) is 3.67. The number of imidazole rings is 1. The van der Waals surface area contributed by atoms with E-state index in [2.05, 4.69) is 15.6 Å². The summed E-state index contributed by atoms with van der Waals surface area (Å²) in [5.41, 5.74) is 1.39. The van der Waals surface area contributed by atoms with Crippen molar-refractivity contribution in [2.75, 3.05) is 18.4 Å². The summed E-state index contributed by atoms with van der Waals surface area (Å²) in [7, 11) is 0. The van der Waals surface area contributed by atoms with Gasteiger partial charge in [0.05, 0.1) is 11.3 Å². The largest absolute Gasteiger partial charge is 0.379 e. The highest BCUT2D eigenvalue weighted by molar-refractivity contribution is 5.79. The van der Waals surface area contributed by atoms with Gasteiger partial charge in [0.15, 0.2) is 0 Å². The maximum atomic E-state index is 12.0. The molecular weight excluding hydrogens is 310 g/mol. The van der Waals surface area contributed by atoms with Crippen molar-refractivity contribution in [2.24, 2.45) is 0 Å². The van der Waals surface area contributed by atoms with Gasteiger partial charge in [-0.05, 0) is 31.9 Å². The first kappa shape index (κ1) is 17.5. The first-order valence-electron chi connectivity index (χ1n) is 7.73. The molecule has 0 saturated heterocycles. The lowest BCUT2D eigenvalue weighted by atomic mass is 10.2. The van der Waals surface area contributed by atoms with Crippen molar-refractivity contribution in [3.05, 3.63) is 52.6 Å². The van der Waals surface area contributed by atoms with Crippen LogP contribution in [0.1, 0.15) is 24.9 Å². The molecule has 2 aromatic rings. The van der Waals surface area contributed by atoms with Gasteiger partial charge in [0.25, 0.3) is 5.69 Å². The Labute approximate surface area is 140 Å². The summed E-state index contributed by atoms with van der Waals surface area (Å²) in [5, 5.41) is 16.9. The van der Waals surface area contributed by atoms with E-state index in [4.69, 9.17) is 0 Å². The number of aryl methyl sites for hydroxylation is 1. The fourth-order valence-corrected chi connectivity index (χ4v) is 2.25. The SMILES string of the molecule is Cc1ccc(NCCCNC(=O)[C@H](C)n2ccnc2)c([N+](=O)[O-])c1. The van der Waals surface area contributed by atoms with E-state index >= 15 is 0 Å². The summed E-state index contributed by atoms with van der Waals surface area (Å²) in [4.78, 5) is 26.5. The van der Waals surface area contributed by atoms with Crippen LogP contribution in [0.15, 0.2) is 36.9 Å². The molecule has 128 valence electrons. The average molecular weight is 331 g/mol. The minimum Gasteiger partial charge on any atom is -0.379 e. The third kappa shape index (κ3) is 4.55. The molecule has 0 bridgehead atoms. The fourth-order valence-electron chi connectivity index (χ4n) is 2.25. The highest BCUT2D eigenvalue weighted by Gasteiger charge is 2.14. The summed E-state index contributed by atoms with van der Waals surface area (Å²) in [6.45, 7) is 4.63. The molecule has 0 spiro atoms. The molecule has 0 unspecified atom stereocenters. The number of benzene rings is 1. The van der Waals surface area contributed by atoms with Crippen molar-refractivity contribution in [1.82, 2.24) is 14.9 Å². The van der Waals surface area contributed by atoms with Crippen molar-refractivity contribution in [1.29, 1.82) is 0 Å². The van der Waals surface area contributed by atoms with Gasteiger partial charge in [-0.3, -0.25) is 14.9 Å². The van der Waals surface area contributed by atoms with Crippen molar-refractivity contribution in [3.63, 3.8) is 0 Å². The maximum absolute atomic E-state index is 12.0. The monoisotopic (exact) mass is 331 g/mol. The van der Waals surface area contributed by atoms with Gasteiger partial charge in [-0.25, -0.2) is 4.98 Å². The lowest BCUT2D eigenvalue weighted by Gasteiger charge is -2.13. The highest BCUT2D eigenvalue weighted by atomic mass is 16.6. The zero-order chi connectivity index (χ0) is 17.5. The van der Waals surface area contributed by atoms with Gasteiger partial charge in [0, 0.05) is 31.5 Å². The van der Waals surface area contributed by atoms with Crippen molar-refractivity contribution in [3.8, 4) is 0 Å². The van der Waals surface area contributed by atoms with E-state index < -0.39 is 4.92 Å². The molecule has 8 heteroatoms. The molecule has 2 N–H and O–H groups in total. The second-order valence-electron chi connectivity index (χ2n) is 5.53. The van der Waals surface area contributed by atoms with Crippen LogP contribution in [0.3, 0.4) is 0 Å². The van der Waals surface area contributed by atoms with E-state index in [0.717, 1.165) is 5.56 Å². The zero-order valence-electron chi connectivity index (χ0n) is 13.7. The third-order valence-corrected chi connectivity index (χ3v) is 3.67. The number of hydrogen-bond acceptors (Lipinski definition) is 5. The molecule has 1 amide bonds. The molecule has 1 heterocycles. The number of anilines is 1. The van der Waals surface area contributed by atoms with E-state index in [1.54, 1.807) is 36.3 Å². The Morgan fingerprint density at radius 2 is 2.21 bits per heavy atom. The van der Waals surface area contributed by atoms with Gasteiger partial charge in [0.1, 0.15) is 11.7 Å². The lowest BCUT2D eigenvalue weighted by molar-refractivity contribution is -0.384. The molecular formula is C16H21N5O3. The number of carbonyl (C=O) groups excluding carboxylic acids is 1. The topological polar surface area (TPSA) is 102 Å². The van der Waals surface area contributed by atoms with Crippen LogP contribution in [0.5, 0.6) is 0 Å². The minimum atomic E-state index is -0.399. The van der Waals surface area contributed by atoms with Crippen LogP contribution >= 0.6 is 0 Å². The summed E-state index contributed by atoms with van der Waals surface area (Å²) >= 11 is 0. The van der Waals surface area contributed by atoms with Crippen LogP contribution < -0.4 is 10.6 Å². The normalized spacial score (nSPS) is 11.8. The maximum Gasteiger partial charge on any atom is 0.292 e. The van der Waals surface area contributed by atoms with E-state index in [-0.39, 0.29) is 17.6 Å². The van der Waals surface area contributed by atoms with E-state index in [9.17, 15) is 14.9 Å². The van der Waals surface area contributed by atoms with Crippen molar-refractivity contribution >= 4 is 17.3 Å². The number of nitrogens with zero attached hydrogens (tertiary/aromatic N) is 3. The number of hydrogen-bond donors (Lipinski definition) is 2. The Balaban J connectivity index is 1.76. The fraction of sp³-hybridized carbons (Fsp3) is 0.375. The molecule has 8 nitrogen and oxygen atoms in total. The second kappa shape index (κ2) is 8.09. The van der Waals surface area contributed by atoms with Crippen LogP contribution in [-0.4, -0.2) is 33.5 Å². The van der Waals surface area contributed by atoms with E-state index in [1.807, 2.05) is 13.0 Å². The van der Waals surface area contributed by atoms with Crippen LogP contribution in [0.2, 0.25) is 0 Å². The van der Waals surface area contributed by atoms with Gasteiger partial charge in [-0.2, -0.15) is 0 Å². The van der Waals surface area contributed by atoms with Crippen LogP contribution in [0.4, 0.5) is 11.4 Å². The molecule has 1 aromatic heterocycles. The minimum absolute atomic E-state index is 0.0627. The van der Waals surface area contributed by atoms with Gasteiger partial charge in [-0.15, -0.1) is 0 Å². The predicted molar refractivity (Wildman–Crippen MR) is 90.9 cm³/mol. The summed E-state index contributed by atoms with van der Waals surface area (Å²) in [5.74, 6) is -0.0886. The number of rotatable bonds is 8. The Morgan fingerprint density at radius 1 is 1.42 bits per heavy atom. The van der Waals surface area contributed by atoms with Gasteiger partial charge in [0.2, 0.25) is 5.91 Å². The number of nitro benzene ring substituents is 1. The molecule has 2 rings (SSSR count). The number of nitrogens with one attached hydrogen (secondary N) is 2. The van der Waals surface area contributed by atoms with Crippen molar-refractivity contribution in [2.45, 2.75) is 26.3 Å². The first-order valence-corrected chi connectivity index (χ1v) is 7.73. The molecule has 0 aliphatic carbocycles. The van der Waals surface area contributed by atoms with E-state index in [1.165, 1.54) is 6.07 Å². The summed E-state index contributed by atoms with van der Waals surface area (Å²) in [6.07, 6.45) is 5.63. The molecule has 0 aliphatic heterocycles. The molecule has 24 heavy (non-hydrogen) atoms. The molecule has 0 radical (unpaired) electrons. The van der Waals surface area contributed by atoms with E-state index in [0.29, 0.717) is 25.2 Å². The smallest absolute Gasteiger partial charge is 0.292 e. The molecule has 1 aromatic carbocycles. The van der Waals surface area contributed by atoms with Gasteiger partial charge >= 0.3 is 0 Å². The molecule has 1 atom stereocenters. The standard InChI is InChI=1S/C16H21N5O3/c1-12-4-5-14(15(10-12)21(23)24)18-6-3-7-19-16(22)13(2)20-9-8-17-11-20/h4-5,8-11,13,18H,3,6-7H2,1-2H3,(H,19,22)/t13-/m0/s1. The Morgan fingerprint density at radius 3 is 2.88 bits per heavy atom. The number of aromatic nitrogens is 2. The average Bonchev–Trinajstić information content (AvgIpc) is 3.09. The molecule has 0 fully saturated rings. The van der Waals surface area contributed by atoms with Crippen LogP contribution in [-0.2, 0) is 4.79 Å². The molecule has 0 aliphatic rings. The first-order chi connectivity index (χ1) is 11.5. The molecule has 0 saturated carbocycles. The Bertz CT molecular complexity index is 700. The predicted octanol–water partition coefficient (Wildman–Crippen LogP) is 2.28. The number of amides is 1. The van der Waals surface area contributed by atoms with Gasteiger partial charge in [-0.1, -0.05) is 6.07 Å². The van der Waals surface area contributed by atoms with Gasteiger partial charge < -0.3 is 15.2 Å². The highest BCUT2D eigenvalue weighted by Crippen LogP contribution is 2.25. The Hall–Kier alpha value is -2.90. The Kier molecular flexibility index (Phi) is 5.89. The van der Waals surface area contributed by atoms with Crippen molar-refractivity contribution < 1.29 is 9.72 Å². The zero-order valence-corrected chi connectivity index (χ0v) is 13.7.